The van der Waals surface area contributed by atoms with Gasteiger partial charge in [0.05, 0.1) is 5.69 Å². The van der Waals surface area contributed by atoms with Crippen LogP contribution in [0.3, 0.4) is 0 Å². The lowest BCUT2D eigenvalue weighted by Crippen LogP contribution is -2.26. The molecule has 0 N–H and O–H groups in total. The number of nitrogens with zero attached hydrogens (tertiary/aromatic N) is 3. The Balaban J connectivity index is 2.15. The minimum atomic E-state index is -3.72. The zero-order chi connectivity index (χ0) is 14.2. The van der Waals surface area contributed by atoms with Crippen LogP contribution in [0.1, 0.15) is 0 Å². The highest BCUT2D eigenvalue weighted by Crippen LogP contribution is 2.26. The van der Waals surface area contributed by atoms with Crippen molar-refractivity contribution in [2.75, 3.05) is 11.4 Å². The molecule has 0 aliphatic carbocycles. The molecule has 1 heterocycles. The number of fused-ring (bicyclic) bond motifs is 1. The summed E-state index contributed by atoms with van der Waals surface area (Å²) < 4.78 is 31.1. The zero-order valence-corrected chi connectivity index (χ0v) is 11.4. The van der Waals surface area contributed by atoms with Crippen LogP contribution in [0.5, 0.6) is 0 Å². The van der Waals surface area contributed by atoms with Gasteiger partial charge in [-0.3, -0.25) is 4.31 Å². The number of benzene rings is 2. The molecule has 0 radical (unpaired) electrons. The van der Waals surface area contributed by atoms with Crippen LogP contribution in [-0.4, -0.2) is 25.8 Å². The summed E-state index contributed by atoms with van der Waals surface area (Å²) in [7, 11) is -2.22. The third-order valence-electron chi connectivity index (χ3n) is 3.01. The first-order valence-electron chi connectivity index (χ1n) is 5.86. The van der Waals surface area contributed by atoms with Gasteiger partial charge in [-0.05, 0) is 34.6 Å². The van der Waals surface area contributed by atoms with Crippen molar-refractivity contribution in [2.45, 2.75) is 4.90 Å². The first kappa shape index (κ1) is 12.6. The number of para-hydroxylation sites is 1. The minimum absolute atomic E-state index is 0.0719. The van der Waals surface area contributed by atoms with Crippen LogP contribution in [-0.2, 0) is 10.0 Å². The summed E-state index contributed by atoms with van der Waals surface area (Å²) in [5.74, 6) is 0. The van der Waals surface area contributed by atoms with Crippen molar-refractivity contribution in [3.63, 3.8) is 0 Å². The van der Waals surface area contributed by atoms with E-state index < -0.39 is 10.0 Å². The molecule has 3 aromatic rings. The first-order chi connectivity index (χ1) is 9.60. The smallest absolute Gasteiger partial charge is 0.266 e. The fourth-order valence-corrected chi connectivity index (χ4v) is 3.24. The van der Waals surface area contributed by atoms with Gasteiger partial charge in [-0.15, -0.1) is 0 Å². The third kappa shape index (κ3) is 1.92. The number of hydrogen-bond donors (Lipinski definition) is 0. The van der Waals surface area contributed by atoms with E-state index in [1.54, 1.807) is 36.4 Å². The molecule has 102 valence electrons. The summed E-state index contributed by atoms with van der Waals surface area (Å²) in [4.78, 5) is 0.0719. The van der Waals surface area contributed by atoms with Crippen LogP contribution in [0, 0.1) is 0 Å². The first-order valence-corrected chi connectivity index (χ1v) is 7.30. The van der Waals surface area contributed by atoms with Crippen LogP contribution in [0.2, 0.25) is 0 Å². The molecule has 7 heteroatoms. The lowest BCUT2D eigenvalue weighted by Gasteiger charge is -2.19. The zero-order valence-electron chi connectivity index (χ0n) is 10.6. The van der Waals surface area contributed by atoms with Crippen molar-refractivity contribution < 1.29 is 13.0 Å². The molecule has 0 saturated heterocycles. The van der Waals surface area contributed by atoms with Crippen molar-refractivity contribution in [3.8, 4) is 0 Å². The van der Waals surface area contributed by atoms with Crippen LogP contribution < -0.4 is 4.31 Å². The Bertz CT molecular complexity index is 843. The summed E-state index contributed by atoms with van der Waals surface area (Å²) in [5.41, 5.74) is 1.21. The Morgan fingerprint density at radius 1 is 1.00 bits per heavy atom. The van der Waals surface area contributed by atoms with E-state index in [9.17, 15) is 8.42 Å². The Labute approximate surface area is 115 Å². The quantitative estimate of drug-likeness (QED) is 0.737. The largest absolute Gasteiger partial charge is 0.269 e. The number of sulfonamides is 1. The topological polar surface area (TPSA) is 76.3 Å². The fraction of sp³-hybridized carbons (Fsp3) is 0.0769. The third-order valence-corrected chi connectivity index (χ3v) is 4.82. The Morgan fingerprint density at radius 2 is 1.75 bits per heavy atom. The van der Waals surface area contributed by atoms with Crippen LogP contribution in [0.15, 0.2) is 58.1 Å². The van der Waals surface area contributed by atoms with E-state index in [-0.39, 0.29) is 10.4 Å². The normalized spacial score (nSPS) is 11.7. The van der Waals surface area contributed by atoms with Gasteiger partial charge in [0.15, 0.2) is 5.52 Å². The second-order valence-corrected chi connectivity index (χ2v) is 6.13. The molecule has 3 rings (SSSR count). The van der Waals surface area contributed by atoms with Gasteiger partial charge in [0.25, 0.3) is 10.0 Å². The maximum atomic E-state index is 12.7. The van der Waals surface area contributed by atoms with Gasteiger partial charge in [0, 0.05) is 7.05 Å². The molecular formula is C13H11N3O3S. The summed E-state index contributed by atoms with van der Waals surface area (Å²) >= 11 is 0. The number of aromatic nitrogens is 2. The van der Waals surface area contributed by atoms with Gasteiger partial charge < -0.3 is 0 Å². The molecule has 0 bridgehead atoms. The highest BCUT2D eigenvalue weighted by Gasteiger charge is 2.25. The van der Waals surface area contributed by atoms with Crippen LogP contribution in [0.25, 0.3) is 11.0 Å². The van der Waals surface area contributed by atoms with Gasteiger partial charge in [-0.1, -0.05) is 24.3 Å². The van der Waals surface area contributed by atoms with Crippen molar-refractivity contribution in [1.29, 1.82) is 0 Å². The van der Waals surface area contributed by atoms with Crippen molar-refractivity contribution >= 4 is 26.7 Å². The standard InChI is InChI=1S/C13H11N3O3S/c1-16(10-6-3-2-4-7-10)20(17,18)12-9-5-8-11-13(12)15-19-14-11/h2-9H,1H3. The van der Waals surface area contributed by atoms with Crippen molar-refractivity contribution in [1.82, 2.24) is 10.3 Å². The van der Waals surface area contributed by atoms with Gasteiger partial charge in [-0.2, -0.15) is 0 Å². The Kier molecular flexibility index (Phi) is 2.90. The van der Waals surface area contributed by atoms with Crippen molar-refractivity contribution in [3.05, 3.63) is 48.5 Å². The number of rotatable bonds is 3. The predicted octanol–water partition coefficient (Wildman–Crippen LogP) is 2.05. The van der Waals surface area contributed by atoms with Gasteiger partial charge in [0.1, 0.15) is 10.4 Å². The van der Waals surface area contributed by atoms with E-state index in [0.717, 1.165) is 0 Å². The molecule has 0 unspecified atom stereocenters. The Hall–Kier alpha value is -2.41. The number of hydrogen-bond acceptors (Lipinski definition) is 5. The molecule has 6 nitrogen and oxygen atoms in total. The van der Waals surface area contributed by atoms with E-state index in [0.29, 0.717) is 11.2 Å². The monoisotopic (exact) mass is 289 g/mol. The van der Waals surface area contributed by atoms with E-state index >= 15 is 0 Å². The lowest BCUT2D eigenvalue weighted by atomic mass is 10.3. The molecule has 0 saturated carbocycles. The van der Waals surface area contributed by atoms with Gasteiger partial charge in [-0.25, -0.2) is 13.0 Å². The average Bonchev–Trinajstić information content (AvgIpc) is 2.95. The predicted molar refractivity (Wildman–Crippen MR) is 73.8 cm³/mol. The van der Waals surface area contributed by atoms with E-state index in [2.05, 4.69) is 14.9 Å². The maximum Gasteiger partial charge on any atom is 0.266 e. The summed E-state index contributed by atoms with van der Waals surface area (Å²) in [6.45, 7) is 0. The maximum absolute atomic E-state index is 12.7. The summed E-state index contributed by atoms with van der Waals surface area (Å²) in [6.07, 6.45) is 0. The molecule has 0 amide bonds. The lowest BCUT2D eigenvalue weighted by molar-refractivity contribution is 0.315. The Morgan fingerprint density at radius 3 is 2.50 bits per heavy atom. The van der Waals surface area contributed by atoms with E-state index in [1.165, 1.54) is 17.4 Å². The molecule has 1 aromatic heterocycles. The number of anilines is 1. The minimum Gasteiger partial charge on any atom is -0.269 e. The van der Waals surface area contributed by atoms with E-state index in [1.807, 2.05) is 6.07 Å². The fourth-order valence-electron chi connectivity index (χ4n) is 1.91. The SMILES string of the molecule is CN(c1ccccc1)S(=O)(=O)c1cccc2nonc12. The van der Waals surface area contributed by atoms with Crippen molar-refractivity contribution in [2.24, 2.45) is 0 Å². The molecule has 0 spiro atoms. The molecule has 20 heavy (non-hydrogen) atoms. The molecule has 0 aliphatic rings. The van der Waals surface area contributed by atoms with Crippen LogP contribution in [0.4, 0.5) is 5.69 Å². The highest BCUT2D eigenvalue weighted by atomic mass is 32.2. The highest BCUT2D eigenvalue weighted by molar-refractivity contribution is 7.93. The second kappa shape index (κ2) is 4.61. The average molecular weight is 289 g/mol. The van der Waals surface area contributed by atoms with E-state index in [4.69, 9.17) is 0 Å². The van der Waals surface area contributed by atoms with Crippen LogP contribution >= 0.6 is 0 Å². The molecule has 0 fully saturated rings. The molecule has 0 atom stereocenters. The summed E-state index contributed by atoms with van der Waals surface area (Å²) in [5, 5.41) is 7.32. The molecule has 2 aromatic carbocycles. The molecular weight excluding hydrogens is 278 g/mol. The van der Waals surface area contributed by atoms with Gasteiger partial charge in [0.2, 0.25) is 0 Å². The summed E-state index contributed by atoms with van der Waals surface area (Å²) in [6, 6.07) is 13.6. The van der Waals surface area contributed by atoms with Gasteiger partial charge >= 0.3 is 0 Å². The molecule has 0 aliphatic heterocycles. The second-order valence-electron chi connectivity index (χ2n) is 4.20.